The minimum atomic E-state index is -0.708. The van der Waals surface area contributed by atoms with Gasteiger partial charge in [0.2, 0.25) is 0 Å². The van der Waals surface area contributed by atoms with Crippen LogP contribution in [-0.2, 0) is 5.41 Å². The molecule has 0 aromatic heterocycles. The molecule has 2 aromatic rings. The summed E-state index contributed by atoms with van der Waals surface area (Å²) < 4.78 is 0. The molecule has 0 unspecified atom stereocenters. The third kappa shape index (κ3) is 3.82. The van der Waals surface area contributed by atoms with Crippen molar-refractivity contribution >= 4 is 0 Å². The van der Waals surface area contributed by atoms with Crippen molar-refractivity contribution in [3.05, 3.63) is 131 Å². The van der Waals surface area contributed by atoms with E-state index in [9.17, 15) is 10.2 Å². The fraction of sp³-hybridized carbons (Fsp3) is 0.172. The molecule has 0 fully saturated rings. The van der Waals surface area contributed by atoms with Crippen LogP contribution in [0.3, 0.4) is 0 Å². The van der Waals surface area contributed by atoms with E-state index in [1.54, 1.807) is 12.1 Å². The maximum atomic E-state index is 10.4. The lowest BCUT2D eigenvalue weighted by molar-refractivity contribution is 0.472. The fourth-order valence-electron chi connectivity index (χ4n) is 4.38. The second-order valence-corrected chi connectivity index (χ2v) is 8.11. The smallest absolute Gasteiger partial charge is 0.115 e. The van der Waals surface area contributed by atoms with Gasteiger partial charge in [0.25, 0.3) is 0 Å². The lowest BCUT2D eigenvalue weighted by Crippen LogP contribution is -2.30. The van der Waals surface area contributed by atoms with Crippen LogP contribution in [0.1, 0.15) is 38.8 Å². The van der Waals surface area contributed by atoms with Crippen LogP contribution in [0.4, 0.5) is 0 Å². The zero-order valence-corrected chi connectivity index (χ0v) is 18.7. The molecular weight excluding hydrogens is 380 g/mol. The Balaban J connectivity index is 2.56. The van der Waals surface area contributed by atoms with Gasteiger partial charge in [0.1, 0.15) is 11.5 Å². The van der Waals surface area contributed by atoms with Crippen LogP contribution in [0.25, 0.3) is 0 Å². The van der Waals surface area contributed by atoms with Gasteiger partial charge in [-0.15, -0.1) is 0 Å². The summed E-state index contributed by atoms with van der Waals surface area (Å²) in [6.45, 7) is 16.2. The minimum Gasteiger partial charge on any atom is -0.508 e. The van der Waals surface area contributed by atoms with Gasteiger partial charge >= 0.3 is 0 Å². The first-order valence-electron chi connectivity index (χ1n) is 10.4. The van der Waals surface area contributed by atoms with E-state index in [-0.39, 0.29) is 11.5 Å². The van der Waals surface area contributed by atoms with E-state index in [2.05, 4.69) is 39.2 Å². The standard InChI is InChI=1S/C29H30O2/c1-7-19(3)15-27-21(5)22(6)28(16-20(4)8-2)29(27,23-11-9-13-25(30)17-23)24-12-10-14-26(31)18-24/h7-18,30-31H,1-2H2,3-6H3/b19-15-,20-16-. The molecule has 0 atom stereocenters. The van der Waals surface area contributed by atoms with E-state index in [1.165, 1.54) is 0 Å². The van der Waals surface area contributed by atoms with Crippen LogP contribution in [0.2, 0.25) is 0 Å². The summed E-state index contributed by atoms with van der Waals surface area (Å²) in [4.78, 5) is 0. The van der Waals surface area contributed by atoms with Crippen LogP contribution < -0.4 is 0 Å². The molecule has 2 heteroatoms. The van der Waals surface area contributed by atoms with E-state index in [0.717, 1.165) is 44.6 Å². The average molecular weight is 411 g/mol. The molecule has 158 valence electrons. The molecule has 0 heterocycles. The second-order valence-electron chi connectivity index (χ2n) is 8.11. The summed E-state index contributed by atoms with van der Waals surface area (Å²) >= 11 is 0. The van der Waals surface area contributed by atoms with E-state index >= 15 is 0 Å². The van der Waals surface area contributed by atoms with Gasteiger partial charge in [-0.1, -0.05) is 72.9 Å². The van der Waals surface area contributed by atoms with Crippen LogP contribution in [0.5, 0.6) is 11.5 Å². The van der Waals surface area contributed by atoms with Crippen LogP contribution >= 0.6 is 0 Å². The Morgan fingerprint density at radius 1 is 0.742 bits per heavy atom. The van der Waals surface area contributed by atoms with E-state index < -0.39 is 5.41 Å². The number of allylic oxidation sites excluding steroid dienone is 10. The second kappa shape index (κ2) is 8.69. The Kier molecular flexibility index (Phi) is 6.21. The summed E-state index contributed by atoms with van der Waals surface area (Å²) in [6.07, 6.45) is 8.00. The first-order valence-corrected chi connectivity index (χ1v) is 10.4. The topological polar surface area (TPSA) is 40.5 Å². The molecule has 0 saturated heterocycles. The van der Waals surface area contributed by atoms with Gasteiger partial charge in [-0.3, -0.25) is 0 Å². The SMILES string of the molecule is C=C/C(C)=C\C1=C(C)C(C)=C(/C=C(/C)C=C)C1(c1cccc(O)c1)c1cccc(O)c1. The molecule has 1 aliphatic carbocycles. The van der Waals surface area contributed by atoms with Gasteiger partial charge in [0.15, 0.2) is 0 Å². The number of hydrogen-bond acceptors (Lipinski definition) is 2. The molecule has 0 radical (unpaired) electrons. The Hall–Kier alpha value is -3.52. The van der Waals surface area contributed by atoms with E-state index in [0.29, 0.717) is 0 Å². The highest BCUT2D eigenvalue weighted by Crippen LogP contribution is 2.55. The molecule has 0 aliphatic heterocycles. The molecule has 2 aromatic carbocycles. The molecule has 0 spiro atoms. The average Bonchev–Trinajstić information content (AvgIpc) is 2.95. The molecule has 0 saturated carbocycles. The van der Waals surface area contributed by atoms with Gasteiger partial charge in [0.05, 0.1) is 5.41 Å². The third-order valence-electron chi connectivity index (χ3n) is 6.12. The van der Waals surface area contributed by atoms with Gasteiger partial charge in [-0.05, 0) is 85.4 Å². The zero-order valence-electron chi connectivity index (χ0n) is 18.7. The van der Waals surface area contributed by atoms with Crippen molar-refractivity contribution in [3.63, 3.8) is 0 Å². The molecule has 0 bridgehead atoms. The number of rotatable bonds is 6. The quantitative estimate of drug-likeness (QED) is 0.491. The first-order chi connectivity index (χ1) is 14.7. The molecular formula is C29H30O2. The number of aromatic hydroxyl groups is 2. The zero-order chi connectivity index (χ0) is 22.8. The molecule has 3 rings (SSSR count). The lowest BCUT2D eigenvalue weighted by Gasteiger charge is -2.36. The molecule has 31 heavy (non-hydrogen) atoms. The van der Waals surface area contributed by atoms with Gasteiger partial charge in [-0.25, -0.2) is 0 Å². The summed E-state index contributed by atoms with van der Waals surface area (Å²) in [5, 5.41) is 20.8. The Morgan fingerprint density at radius 2 is 1.13 bits per heavy atom. The maximum absolute atomic E-state index is 10.4. The van der Waals surface area contributed by atoms with E-state index in [1.807, 2.05) is 62.4 Å². The van der Waals surface area contributed by atoms with Crippen molar-refractivity contribution in [3.8, 4) is 11.5 Å². The van der Waals surface area contributed by atoms with Crippen molar-refractivity contribution in [2.24, 2.45) is 0 Å². The van der Waals surface area contributed by atoms with Crippen molar-refractivity contribution < 1.29 is 10.2 Å². The number of benzene rings is 2. The maximum Gasteiger partial charge on any atom is 0.115 e. The predicted octanol–water partition coefficient (Wildman–Crippen LogP) is 7.30. The number of phenolic OH excluding ortho intramolecular Hbond substituents is 2. The Labute approximate surface area is 185 Å². The highest BCUT2D eigenvalue weighted by atomic mass is 16.3. The van der Waals surface area contributed by atoms with Gasteiger partial charge in [0, 0.05) is 0 Å². The van der Waals surface area contributed by atoms with E-state index in [4.69, 9.17) is 0 Å². The normalized spacial score (nSPS) is 16.6. The fourth-order valence-corrected chi connectivity index (χ4v) is 4.38. The molecule has 2 nitrogen and oxygen atoms in total. The monoisotopic (exact) mass is 410 g/mol. The summed E-state index contributed by atoms with van der Waals surface area (Å²) in [6, 6.07) is 14.8. The van der Waals surface area contributed by atoms with Crippen molar-refractivity contribution in [2.75, 3.05) is 0 Å². The third-order valence-corrected chi connectivity index (χ3v) is 6.12. The van der Waals surface area contributed by atoms with Crippen molar-refractivity contribution in [1.29, 1.82) is 0 Å². The molecule has 2 N–H and O–H groups in total. The molecule has 0 amide bonds. The Morgan fingerprint density at radius 3 is 1.45 bits per heavy atom. The van der Waals surface area contributed by atoms with Gasteiger partial charge < -0.3 is 10.2 Å². The first kappa shape index (κ1) is 22.2. The van der Waals surface area contributed by atoms with Crippen molar-refractivity contribution in [1.82, 2.24) is 0 Å². The number of hydrogen-bond donors (Lipinski definition) is 2. The van der Waals surface area contributed by atoms with Crippen molar-refractivity contribution in [2.45, 2.75) is 33.1 Å². The minimum absolute atomic E-state index is 0.201. The summed E-state index contributed by atoms with van der Waals surface area (Å²) in [7, 11) is 0. The number of phenols is 2. The predicted molar refractivity (Wildman–Crippen MR) is 130 cm³/mol. The summed E-state index contributed by atoms with van der Waals surface area (Å²) in [5.41, 5.74) is 7.76. The van der Waals surface area contributed by atoms with Crippen LogP contribution in [0.15, 0.2) is 119 Å². The highest BCUT2D eigenvalue weighted by molar-refractivity contribution is 5.73. The van der Waals surface area contributed by atoms with Crippen LogP contribution in [0, 0.1) is 0 Å². The highest BCUT2D eigenvalue weighted by Gasteiger charge is 2.46. The summed E-state index contributed by atoms with van der Waals surface area (Å²) in [5.74, 6) is 0.401. The van der Waals surface area contributed by atoms with Crippen LogP contribution in [-0.4, -0.2) is 10.2 Å². The van der Waals surface area contributed by atoms with Gasteiger partial charge in [-0.2, -0.15) is 0 Å². The largest absolute Gasteiger partial charge is 0.508 e. The lowest BCUT2D eigenvalue weighted by atomic mass is 9.65. The Bertz CT molecular complexity index is 1080. The molecule has 1 aliphatic rings.